The lowest BCUT2D eigenvalue weighted by Gasteiger charge is -2.28. The van der Waals surface area contributed by atoms with Crippen LogP contribution in [0.5, 0.6) is 0 Å². The molecule has 14 rings (SSSR count). The maximum absolute atomic E-state index is 5.75. The zero-order valence-electron chi connectivity index (χ0n) is 36.4. The summed E-state index contributed by atoms with van der Waals surface area (Å²) in [5.41, 5.74) is 15.9. The Hall–Kier alpha value is -6.79. The molecule has 314 valence electrons. The molecule has 1 aromatic heterocycles. The summed E-state index contributed by atoms with van der Waals surface area (Å²) in [7, 11) is 0. The number of hydrogen-bond acceptors (Lipinski definition) is 4. The number of aromatic nitrogens is 2. The lowest BCUT2D eigenvalue weighted by molar-refractivity contribution is 0.660. The lowest BCUT2D eigenvalue weighted by Crippen LogP contribution is -2.30. The summed E-state index contributed by atoms with van der Waals surface area (Å²) in [5, 5.41) is 8.72. The molecule has 66 heavy (non-hydrogen) atoms. The number of anilines is 2. The van der Waals surface area contributed by atoms with Crippen molar-refractivity contribution in [1.29, 1.82) is 0 Å². The average molecular weight is 929 g/mol. The highest BCUT2D eigenvalue weighted by Gasteiger charge is 2.41. The number of rotatable bonds is 4. The van der Waals surface area contributed by atoms with Crippen molar-refractivity contribution in [1.82, 2.24) is 9.97 Å². The summed E-state index contributed by atoms with van der Waals surface area (Å²) in [6.45, 7) is 4.71. The first kappa shape index (κ1) is 38.5. The molecule has 0 spiro atoms. The van der Waals surface area contributed by atoms with Crippen LogP contribution in [0.4, 0.5) is 11.6 Å². The standard InChI is InChI=1S/C61H42BrN3S/c1-61(2)50-24-11-9-19-42(50)43-29-26-38(34-51(43)61)57-55-45-21-7-5-17-40(45)41-18-6-8-22-46(41)58(55)64-60(63-57)65-52-25-12-10-20-44(52)48-32-36(27-30-53(48)65)37-28-31-54-49(33-37)56(62)59(66-54)47-23-13-15-35-14-3-4-16-39(35)47/h3-34,44,52,56,59H,1-2H3. The van der Waals surface area contributed by atoms with E-state index in [2.05, 4.69) is 229 Å². The molecule has 0 amide bonds. The fourth-order valence-electron chi connectivity index (χ4n) is 11.8. The van der Waals surface area contributed by atoms with Crippen LogP contribution >= 0.6 is 27.7 Å². The van der Waals surface area contributed by atoms with Crippen LogP contribution in [-0.2, 0) is 5.41 Å². The molecule has 5 heteroatoms. The second-order valence-electron chi connectivity index (χ2n) is 18.8. The van der Waals surface area contributed by atoms with Gasteiger partial charge in [0.15, 0.2) is 0 Å². The zero-order chi connectivity index (χ0) is 43.8. The minimum Gasteiger partial charge on any atom is -0.302 e. The van der Waals surface area contributed by atoms with Gasteiger partial charge in [-0.3, -0.25) is 0 Å². The number of halogens is 1. The van der Waals surface area contributed by atoms with Crippen LogP contribution in [0.25, 0.3) is 76.7 Å². The molecule has 2 aliphatic carbocycles. The van der Waals surface area contributed by atoms with E-state index >= 15 is 0 Å². The third-order valence-corrected chi connectivity index (χ3v) is 17.8. The first-order valence-corrected chi connectivity index (χ1v) is 24.8. The van der Waals surface area contributed by atoms with Gasteiger partial charge in [0.1, 0.15) is 0 Å². The maximum atomic E-state index is 5.75. The number of fused-ring (bicyclic) bond motifs is 14. The molecule has 4 atom stereocenters. The Balaban J connectivity index is 0.925. The summed E-state index contributed by atoms with van der Waals surface area (Å²) in [6.07, 6.45) is 9.08. The van der Waals surface area contributed by atoms with Crippen molar-refractivity contribution in [3.05, 3.63) is 222 Å². The Morgan fingerprint density at radius 3 is 2.08 bits per heavy atom. The van der Waals surface area contributed by atoms with Gasteiger partial charge in [-0.05, 0) is 107 Å². The molecule has 10 aromatic rings. The smallest absolute Gasteiger partial charge is 0.231 e. The predicted molar refractivity (Wildman–Crippen MR) is 281 cm³/mol. The Bertz CT molecular complexity index is 3790. The van der Waals surface area contributed by atoms with Gasteiger partial charge in [-0.25, -0.2) is 9.97 Å². The van der Waals surface area contributed by atoms with Gasteiger partial charge in [-0.2, -0.15) is 0 Å². The SMILES string of the molecule is CC1(C)c2ccccc2-c2ccc(-c3nc(N4c5ccc(-c6ccc7c(c6)C(Br)C(c6cccc8ccccc68)S7)cc5C5C=CC=CC54)nc4c5ccccc5c5ccccc5c34)cc21. The topological polar surface area (TPSA) is 29.0 Å². The maximum Gasteiger partial charge on any atom is 0.231 e. The van der Waals surface area contributed by atoms with Crippen molar-refractivity contribution in [3.63, 3.8) is 0 Å². The number of nitrogens with zero attached hydrogens (tertiary/aromatic N) is 3. The molecule has 2 aliphatic heterocycles. The summed E-state index contributed by atoms with van der Waals surface area (Å²) in [5.74, 6) is 0.864. The fourth-order valence-corrected chi connectivity index (χ4v) is 14.3. The lowest BCUT2D eigenvalue weighted by atomic mass is 9.81. The molecule has 9 aromatic carbocycles. The van der Waals surface area contributed by atoms with Gasteiger partial charge >= 0.3 is 0 Å². The van der Waals surface area contributed by atoms with E-state index in [1.54, 1.807) is 0 Å². The quantitative estimate of drug-likeness (QED) is 0.130. The van der Waals surface area contributed by atoms with Crippen LogP contribution in [-0.4, -0.2) is 16.0 Å². The van der Waals surface area contributed by atoms with Gasteiger partial charge < -0.3 is 4.90 Å². The number of alkyl halides is 1. The summed E-state index contributed by atoms with van der Waals surface area (Å²) in [4.78, 5) is 15.4. The molecule has 4 unspecified atom stereocenters. The van der Waals surface area contributed by atoms with E-state index < -0.39 is 0 Å². The first-order valence-electron chi connectivity index (χ1n) is 23.0. The average Bonchev–Trinajstić information content (AvgIpc) is 3.96. The summed E-state index contributed by atoms with van der Waals surface area (Å²) >= 11 is 6.17. The van der Waals surface area contributed by atoms with Crippen molar-refractivity contribution in [2.45, 2.75) is 46.2 Å². The summed E-state index contributed by atoms with van der Waals surface area (Å²) < 4.78 is 0. The number of thioether (sulfide) groups is 1. The van der Waals surface area contributed by atoms with Gasteiger partial charge in [0.25, 0.3) is 0 Å². The van der Waals surface area contributed by atoms with Gasteiger partial charge in [-0.1, -0.05) is 194 Å². The molecule has 0 saturated carbocycles. The van der Waals surface area contributed by atoms with Gasteiger partial charge in [-0.15, -0.1) is 11.8 Å². The van der Waals surface area contributed by atoms with Gasteiger partial charge in [0.2, 0.25) is 5.95 Å². The van der Waals surface area contributed by atoms with Crippen LogP contribution in [0.2, 0.25) is 0 Å². The minimum absolute atomic E-state index is 0.0236. The Morgan fingerprint density at radius 2 is 1.21 bits per heavy atom. The summed E-state index contributed by atoms with van der Waals surface area (Å²) in [6, 6.07) is 63.1. The number of benzene rings is 9. The molecule has 0 saturated heterocycles. The second-order valence-corrected chi connectivity index (χ2v) is 21.0. The third-order valence-electron chi connectivity index (χ3n) is 15.0. The monoisotopic (exact) mass is 927 g/mol. The third kappa shape index (κ3) is 5.50. The highest BCUT2D eigenvalue weighted by atomic mass is 79.9. The van der Waals surface area contributed by atoms with E-state index in [0.29, 0.717) is 0 Å². The Labute approximate surface area is 396 Å². The molecule has 0 bridgehead atoms. The predicted octanol–water partition coefficient (Wildman–Crippen LogP) is 16.7. The largest absolute Gasteiger partial charge is 0.302 e. The molecule has 3 heterocycles. The molecule has 0 fully saturated rings. The number of allylic oxidation sites excluding steroid dienone is 2. The Morgan fingerprint density at radius 1 is 0.545 bits per heavy atom. The van der Waals surface area contributed by atoms with Crippen molar-refractivity contribution >= 4 is 82.5 Å². The second kappa shape index (κ2) is 14.4. The molecule has 0 N–H and O–H groups in total. The molecular weight excluding hydrogens is 887 g/mol. The molecule has 0 radical (unpaired) electrons. The zero-order valence-corrected chi connectivity index (χ0v) is 38.8. The van der Waals surface area contributed by atoms with Crippen molar-refractivity contribution in [3.8, 4) is 33.5 Å². The fraction of sp³-hybridized carbons (Fsp3) is 0.115. The Kier molecular flexibility index (Phi) is 8.37. The molecular formula is C61H42BrN3S. The van der Waals surface area contributed by atoms with E-state index in [9.17, 15) is 0 Å². The number of hydrogen-bond donors (Lipinski definition) is 0. The molecule has 4 aliphatic rings. The van der Waals surface area contributed by atoms with E-state index in [0.717, 1.165) is 39.2 Å². The highest BCUT2D eigenvalue weighted by Crippen LogP contribution is 2.59. The van der Waals surface area contributed by atoms with Crippen LogP contribution in [0, 0.1) is 0 Å². The van der Waals surface area contributed by atoms with Crippen LogP contribution in [0.15, 0.2) is 199 Å². The van der Waals surface area contributed by atoms with E-state index in [1.807, 2.05) is 11.8 Å². The van der Waals surface area contributed by atoms with E-state index in [4.69, 9.17) is 9.97 Å². The molecule has 3 nitrogen and oxygen atoms in total. The van der Waals surface area contributed by atoms with Gasteiger partial charge in [0, 0.05) is 38.3 Å². The van der Waals surface area contributed by atoms with Crippen molar-refractivity contribution < 1.29 is 0 Å². The van der Waals surface area contributed by atoms with Crippen LogP contribution in [0.1, 0.15) is 57.7 Å². The van der Waals surface area contributed by atoms with Crippen molar-refractivity contribution in [2.75, 3.05) is 4.90 Å². The van der Waals surface area contributed by atoms with Crippen molar-refractivity contribution in [2.24, 2.45) is 0 Å². The van der Waals surface area contributed by atoms with Gasteiger partial charge in [0.05, 0.1) is 27.3 Å². The van der Waals surface area contributed by atoms with Crippen LogP contribution < -0.4 is 4.90 Å². The van der Waals surface area contributed by atoms with E-state index in [-0.39, 0.29) is 27.5 Å². The highest BCUT2D eigenvalue weighted by molar-refractivity contribution is 9.09. The van der Waals surface area contributed by atoms with Crippen LogP contribution in [0.3, 0.4) is 0 Å². The first-order chi connectivity index (χ1) is 32.4. The van der Waals surface area contributed by atoms with E-state index in [1.165, 1.54) is 81.9 Å². The normalized spacial score (nSPS) is 19.7. The minimum atomic E-state index is -0.147.